The number of ketones is 1. The number of Topliss-reactive ketones (excluding diaryl/α,β-unsaturated/α-hetero) is 1. The van der Waals surface area contributed by atoms with Gasteiger partial charge in [0, 0.05) is 17.5 Å². The van der Waals surface area contributed by atoms with Gasteiger partial charge in [0.15, 0.2) is 0 Å². The van der Waals surface area contributed by atoms with Crippen molar-refractivity contribution in [2.24, 2.45) is 11.7 Å². The first-order chi connectivity index (χ1) is 6.61. The van der Waals surface area contributed by atoms with Gasteiger partial charge in [0.05, 0.1) is 6.42 Å². The molecular weight excluding hydrogens is 196 g/mol. The van der Waals surface area contributed by atoms with Gasteiger partial charge in [-0.1, -0.05) is 6.92 Å². The van der Waals surface area contributed by atoms with Crippen molar-refractivity contribution in [2.75, 3.05) is 6.54 Å². The summed E-state index contributed by atoms with van der Waals surface area (Å²) in [6.45, 7) is 4.50. The van der Waals surface area contributed by atoms with Crippen LogP contribution in [0.25, 0.3) is 0 Å². The van der Waals surface area contributed by atoms with Crippen LogP contribution in [-0.4, -0.2) is 17.3 Å². The zero-order valence-corrected chi connectivity index (χ0v) is 9.43. The van der Waals surface area contributed by atoms with E-state index in [2.05, 4.69) is 4.98 Å². The highest BCUT2D eigenvalue weighted by Gasteiger charge is 2.10. The molecule has 0 aromatic carbocycles. The second kappa shape index (κ2) is 5.22. The van der Waals surface area contributed by atoms with Crippen LogP contribution in [0.1, 0.15) is 24.0 Å². The lowest BCUT2D eigenvalue weighted by atomic mass is 10.0. The van der Waals surface area contributed by atoms with E-state index in [0.29, 0.717) is 19.4 Å². The molecule has 0 bridgehead atoms. The number of aryl methyl sites for hydroxylation is 1. The number of nitrogens with two attached hydrogens (primary N) is 1. The van der Waals surface area contributed by atoms with Gasteiger partial charge < -0.3 is 5.73 Å². The molecule has 1 unspecified atom stereocenters. The third kappa shape index (κ3) is 3.55. The normalized spacial score (nSPS) is 12.8. The Morgan fingerprint density at radius 2 is 2.43 bits per heavy atom. The molecule has 1 rings (SSSR count). The Bertz CT molecular complexity index is 309. The van der Waals surface area contributed by atoms with Gasteiger partial charge >= 0.3 is 0 Å². The van der Waals surface area contributed by atoms with Crippen molar-refractivity contribution in [1.82, 2.24) is 4.98 Å². The first-order valence-electron chi connectivity index (χ1n) is 4.74. The quantitative estimate of drug-likeness (QED) is 0.805. The number of aromatic nitrogens is 1. The summed E-state index contributed by atoms with van der Waals surface area (Å²) in [5.41, 5.74) is 6.44. The lowest BCUT2D eigenvalue weighted by Crippen LogP contribution is -2.16. The number of hydrogen-bond donors (Lipinski definition) is 1. The second-order valence-electron chi connectivity index (χ2n) is 3.64. The number of rotatable bonds is 5. The summed E-state index contributed by atoms with van der Waals surface area (Å²) in [7, 11) is 0. The summed E-state index contributed by atoms with van der Waals surface area (Å²) in [6.07, 6.45) is 1.03. The van der Waals surface area contributed by atoms with Crippen molar-refractivity contribution in [3.05, 3.63) is 16.1 Å². The van der Waals surface area contributed by atoms with E-state index in [-0.39, 0.29) is 11.7 Å². The van der Waals surface area contributed by atoms with Gasteiger partial charge in [0.1, 0.15) is 10.8 Å². The molecule has 1 heterocycles. The zero-order valence-electron chi connectivity index (χ0n) is 8.62. The van der Waals surface area contributed by atoms with Crippen LogP contribution in [0.2, 0.25) is 0 Å². The molecule has 0 aliphatic carbocycles. The van der Waals surface area contributed by atoms with Crippen molar-refractivity contribution < 1.29 is 4.79 Å². The summed E-state index contributed by atoms with van der Waals surface area (Å²) >= 11 is 1.55. The van der Waals surface area contributed by atoms with Crippen LogP contribution in [0.5, 0.6) is 0 Å². The maximum absolute atomic E-state index is 11.5. The van der Waals surface area contributed by atoms with Gasteiger partial charge in [0.2, 0.25) is 0 Å². The maximum Gasteiger partial charge on any atom is 0.140 e. The van der Waals surface area contributed by atoms with Crippen LogP contribution in [0.4, 0.5) is 0 Å². The van der Waals surface area contributed by atoms with Crippen molar-refractivity contribution in [3.8, 4) is 0 Å². The fourth-order valence-corrected chi connectivity index (χ4v) is 2.00. The van der Waals surface area contributed by atoms with Gasteiger partial charge in [-0.05, 0) is 19.4 Å². The molecule has 0 aliphatic rings. The zero-order chi connectivity index (χ0) is 10.6. The first kappa shape index (κ1) is 11.3. The lowest BCUT2D eigenvalue weighted by Gasteiger charge is -2.05. The third-order valence-electron chi connectivity index (χ3n) is 1.99. The topological polar surface area (TPSA) is 56.0 Å². The average Bonchev–Trinajstić information content (AvgIpc) is 2.50. The number of hydrogen-bond acceptors (Lipinski definition) is 4. The summed E-state index contributed by atoms with van der Waals surface area (Å²) < 4.78 is 0. The summed E-state index contributed by atoms with van der Waals surface area (Å²) in [4.78, 5) is 15.8. The third-order valence-corrected chi connectivity index (χ3v) is 2.96. The summed E-state index contributed by atoms with van der Waals surface area (Å²) in [5, 5.41) is 2.88. The molecule has 4 heteroatoms. The molecule has 0 radical (unpaired) electrons. The number of thiazole rings is 1. The molecule has 78 valence electrons. The van der Waals surface area contributed by atoms with Crippen LogP contribution in [-0.2, 0) is 11.2 Å². The Morgan fingerprint density at radius 3 is 2.93 bits per heavy atom. The maximum atomic E-state index is 11.5. The minimum Gasteiger partial charge on any atom is -0.330 e. The number of carbonyl (C=O) groups is 1. The Morgan fingerprint density at radius 1 is 1.71 bits per heavy atom. The minimum atomic E-state index is 0.234. The van der Waals surface area contributed by atoms with Gasteiger partial charge in [-0.3, -0.25) is 4.79 Å². The van der Waals surface area contributed by atoms with E-state index in [1.54, 1.807) is 11.3 Å². The molecule has 0 fully saturated rings. The van der Waals surface area contributed by atoms with Gasteiger partial charge in [-0.15, -0.1) is 11.3 Å². The van der Waals surface area contributed by atoms with Crippen molar-refractivity contribution in [1.29, 1.82) is 0 Å². The van der Waals surface area contributed by atoms with Gasteiger partial charge in [-0.25, -0.2) is 4.98 Å². The minimum absolute atomic E-state index is 0.234. The number of carbonyl (C=O) groups excluding carboxylic acids is 1. The molecule has 0 spiro atoms. The van der Waals surface area contributed by atoms with E-state index in [0.717, 1.165) is 10.7 Å². The molecule has 14 heavy (non-hydrogen) atoms. The second-order valence-corrected chi connectivity index (χ2v) is 4.59. The van der Waals surface area contributed by atoms with Gasteiger partial charge in [0.25, 0.3) is 0 Å². The molecule has 0 saturated carbocycles. The Kier molecular flexibility index (Phi) is 4.22. The van der Waals surface area contributed by atoms with Crippen LogP contribution in [0.3, 0.4) is 0 Å². The predicted molar refractivity (Wildman–Crippen MR) is 58.4 cm³/mol. The largest absolute Gasteiger partial charge is 0.330 e. The molecule has 3 nitrogen and oxygen atoms in total. The molecule has 1 aromatic heterocycles. The van der Waals surface area contributed by atoms with Crippen molar-refractivity contribution in [2.45, 2.75) is 26.7 Å². The van der Waals surface area contributed by atoms with Crippen LogP contribution >= 0.6 is 11.3 Å². The van der Waals surface area contributed by atoms with Crippen molar-refractivity contribution in [3.63, 3.8) is 0 Å². The van der Waals surface area contributed by atoms with Crippen LogP contribution in [0, 0.1) is 12.8 Å². The molecule has 2 N–H and O–H groups in total. The fraction of sp³-hybridized carbons (Fsp3) is 0.600. The molecule has 0 amide bonds. The molecule has 0 aliphatic heterocycles. The smallest absolute Gasteiger partial charge is 0.140 e. The summed E-state index contributed by atoms with van der Waals surface area (Å²) in [5.74, 6) is 0.515. The van der Waals surface area contributed by atoms with E-state index in [1.165, 1.54) is 0 Å². The predicted octanol–water partition coefficient (Wildman–Crippen LogP) is 1.55. The van der Waals surface area contributed by atoms with E-state index >= 15 is 0 Å². The van der Waals surface area contributed by atoms with E-state index in [9.17, 15) is 4.79 Å². The molecular formula is C10H16N2OS. The Hall–Kier alpha value is -0.740. The summed E-state index contributed by atoms with van der Waals surface area (Å²) in [6, 6.07) is 0. The van der Waals surface area contributed by atoms with Crippen LogP contribution < -0.4 is 5.73 Å². The van der Waals surface area contributed by atoms with E-state index in [1.807, 2.05) is 19.2 Å². The fourth-order valence-electron chi connectivity index (χ4n) is 1.20. The van der Waals surface area contributed by atoms with E-state index < -0.39 is 0 Å². The molecule has 1 aromatic rings. The highest BCUT2D eigenvalue weighted by Crippen LogP contribution is 2.11. The SMILES string of the molecule is Cc1csc(CC(=O)CC(C)CN)n1. The standard InChI is InChI=1S/C10H16N2OS/c1-7(5-11)3-9(13)4-10-12-8(2)6-14-10/h6-7H,3-5,11H2,1-2H3. The highest BCUT2D eigenvalue weighted by atomic mass is 32.1. The Balaban J connectivity index is 2.41. The monoisotopic (exact) mass is 212 g/mol. The van der Waals surface area contributed by atoms with E-state index in [4.69, 9.17) is 5.73 Å². The first-order valence-corrected chi connectivity index (χ1v) is 5.62. The molecule has 1 atom stereocenters. The number of nitrogens with zero attached hydrogens (tertiary/aromatic N) is 1. The van der Waals surface area contributed by atoms with Crippen LogP contribution in [0.15, 0.2) is 5.38 Å². The molecule has 0 saturated heterocycles. The lowest BCUT2D eigenvalue weighted by molar-refractivity contribution is -0.119. The van der Waals surface area contributed by atoms with Gasteiger partial charge in [-0.2, -0.15) is 0 Å². The Labute approximate surface area is 88.3 Å². The highest BCUT2D eigenvalue weighted by molar-refractivity contribution is 7.09. The average molecular weight is 212 g/mol. The van der Waals surface area contributed by atoms with Crippen molar-refractivity contribution >= 4 is 17.1 Å².